The van der Waals surface area contributed by atoms with E-state index in [-0.39, 0.29) is 5.91 Å². The number of pyridine rings is 1. The molecule has 110 valence electrons. The fourth-order valence-electron chi connectivity index (χ4n) is 2.03. The Balaban J connectivity index is 2.23. The zero-order chi connectivity index (χ0) is 15.4. The van der Waals surface area contributed by atoms with Crippen LogP contribution in [0.15, 0.2) is 34.8 Å². The summed E-state index contributed by atoms with van der Waals surface area (Å²) in [5.41, 5.74) is 3.14. The number of hydrogen-bond acceptors (Lipinski definition) is 2. The average molecular weight is 368 g/mol. The predicted molar refractivity (Wildman–Crippen MR) is 90.1 cm³/mol. The van der Waals surface area contributed by atoms with Crippen LogP contribution in [0.1, 0.15) is 35.0 Å². The fraction of sp³-hybridized carbons (Fsp3) is 0.250. The molecule has 0 fully saturated rings. The van der Waals surface area contributed by atoms with E-state index in [1.54, 1.807) is 12.1 Å². The number of anilines is 1. The topological polar surface area (TPSA) is 42.0 Å². The van der Waals surface area contributed by atoms with Crippen molar-refractivity contribution in [3.8, 4) is 0 Å². The number of benzene rings is 1. The van der Waals surface area contributed by atoms with Gasteiger partial charge in [-0.3, -0.25) is 4.79 Å². The number of carbonyl (C=O) groups is 1. The quantitative estimate of drug-likeness (QED) is 0.772. The van der Waals surface area contributed by atoms with Crippen LogP contribution in [0.25, 0.3) is 0 Å². The van der Waals surface area contributed by atoms with Gasteiger partial charge in [-0.25, -0.2) is 4.98 Å². The summed E-state index contributed by atoms with van der Waals surface area (Å²) >= 11 is 9.39. The molecule has 0 unspecified atom stereocenters. The summed E-state index contributed by atoms with van der Waals surface area (Å²) in [7, 11) is 0. The van der Waals surface area contributed by atoms with Gasteiger partial charge in [0.15, 0.2) is 0 Å². The maximum absolute atomic E-state index is 12.4. The van der Waals surface area contributed by atoms with Crippen LogP contribution in [-0.2, 0) is 6.42 Å². The van der Waals surface area contributed by atoms with Crippen molar-refractivity contribution in [3.63, 3.8) is 0 Å². The van der Waals surface area contributed by atoms with Gasteiger partial charge in [0.25, 0.3) is 5.91 Å². The molecule has 1 amide bonds. The Morgan fingerprint density at radius 2 is 2.10 bits per heavy atom. The molecular weight excluding hydrogens is 352 g/mol. The normalized spacial score (nSPS) is 10.5. The second-order valence-corrected chi connectivity index (χ2v) is 6.14. The first-order valence-electron chi connectivity index (χ1n) is 6.73. The van der Waals surface area contributed by atoms with E-state index >= 15 is 0 Å². The number of carbonyl (C=O) groups excluding carboxylic acids is 1. The lowest BCUT2D eigenvalue weighted by Gasteiger charge is -2.10. The Morgan fingerprint density at radius 1 is 1.33 bits per heavy atom. The van der Waals surface area contributed by atoms with E-state index in [0.29, 0.717) is 10.7 Å². The molecule has 0 radical (unpaired) electrons. The molecule has 0 saturated heterocycles. The molecule has 1 N–H and O–H groups in total. The van der Waals surface area contributed by atoms with E-state index in [9.17, 15) is 4.79 Å². The van der Waals surface area contributed by atoms with E-state index in [1.165, 1.54) is 0 Å². The van der Waals surface area contributed by atoms with E-state index in [2.05, 4.69) is 33.2 Å². The van der Waals surface area contributed by atoms with Crippen LogP contribution in [0, 0.1) is 6.92 Å². The minimum Gasteiger partial charge on any atom is -0.322 e. The van der Waals surface area contributed by atoms with E-state index in [4.69, 9.17) is 11.6 Å². The monoisotopic (exact) mass is 366 g/mol. The molecule has 3 nitrogen and oxygen atoms in total. The Labute approximate surface area is 137 Å². The molecule has 21 heavy (non-hydrogen) atoms. The molecule has 0 saturated carbocycles. The molecule has 0 bridgehead atoms. The molecule has 1 aromatic carbocycles. The van der Waals surface area contributed by atoms with Gasteiger partial charge in [0.1, 0.15) is 5.15 Å². The molecule has 1 heterocycles. The van der Waals surface area contributed by atoms with Crippen molar-refractivity contribution in [2.24, 2.45) is 0 Å². The zero-order valence-electron chi connectivity index (χ0n) is 11.9. The van der Waals surface area contributed by atoms with Crippen molar-refractivity contribution >= 4 is 39.1 Å². The van der Waals surface area contributed by atoms with Crippen LogP contribution in [0.4, 0.5) is 5.69 Å². The van der Waals surface area contributed by atoms with Gasteiger partial charge in [0, 0.05) is 21.4 Å². The van der Waals surface area contributed by atoms with E-state index < -0.39 is 0 Å². The fourth-order valence-corrected chi connectivity index (χ4v) is 2.73. The van der Waals surface area contributed by atoms with Crippen LogP contribution in [0.3, 0.4) is 0 Å². The van der Waals surface area contributed by atoms with Crippen molar-refractivity contribution in [3.05, 3.63) is 56.8 Å². The van der Waals surface area contributed by atoms with Gasteiger partial charge in [-0.15, -0.1) is 0 Å². The van der Waals surface area contributed by atoms with Gasteiger partial charge in [-0.2, -0.15) is 0 Å². The lowest BCUT2D eigenvalue weighted by atomic mass is 10.1. The number of rotatable bonds is 4. The van der Waals surface area contributed by atoms with Crippen LogP contribution in [0.2, 0.25) is 5.15 Å². The number of hydrogen-bond donors (Lipinski definition) is 1. The molecule has 0 aliphatic carbocycles. The molecule has 2 rings (SSSR count). The molecular formula is C16H16BrClN2O. The number of aryl methyl sites for hydroxylation is 2. The van der Waals surface area contributed by atoms with Crippen molar-refractivity contribution in [2.45, 2.75) is 26.7 Å². The third-order valence-electron chi connectivity index (χ3n) is 3.05. The Kier molecular flexibility index (Phi) is 5.37. The van der Waals surface area contributed by atoms with Crippen LogP contribution in [0.5, 0.6) is 0 Å². The SMILES string of the molecule is CCCc1cc(C(=O)Nc2ccc(Br)cc2C)cc(Cl)n1. The van der Waals surface area contributed by atoms with E-state index in [0.717, 1.165) is 34.3 Å². The molecule has 0 aliphatic heterocycles. The third kappa shape index (κ3) is 4.29. The third-order valence-corrected chi connectivity index (χ3v) is 3.74. The standard InChI is InChI=1S/C16H16BrClN2O/c1-3-4-13-8-11(9-15(18)19-13)16(21)20-14-6-5-12(17)7-10(14)2/h5-9H,3-4H2,1-2H3,(H,20,21). The number of nitrogens with one attached hydrogen (secondary N) is 1. The summed E-state index contributed by atoms with van der Waals surface area (Å²) in [6.07, 6.45) is 1.76. The summed E-state index contributed by atoms with van der Waals surface area (Å²) < 4.78 is 0.982. The summed E-state index contributed by atoms with van der Waals surface area (Å²) in [6, 6.07) is 9.10. The Bertz CT molecular complexity index is 673. The first-order valence-corrected chi connectivity index (χ1v) is 7.90. The minimum absolute atomic E-state index is 0.179. The number of aromatic nitrogens is 1. The number of halogens is 2. The minimum atomic E-state index is -0.179. The highest BCUT2D eigenvalue weighted by Gasteiger charge is 2.11. The lowest BCUT2D eigenvalue weighted by molar-refractivity contribution is 0.102. The van der Waals surface area contributed by atoms with Crippen LogP contribution in [-0.4, -0.2) is 10.9 Å². The smallest absolute Gasteiger partial charge is 0.255 e. The highest BCUT2D eigenvalue weighted by atomic mass is 79.9. The van der Waals surface area contributed by atoms with Gasteiger partial charge in [0.05, 0.1) is 0 Å². The molecule has 0 aliphatic rings. The average Bonchev–Trinajstić information content (AvgIpc) is 2.41. The van der Waals surface area contributed by atoms with Crippen molar-refractivity contribution < 1.29 is 4.79 Å². The van der Waals surface area contributed by atoms with Gasteiger partial charge in [-0.05, 0) is 49.2 Å². The summed E-state index contributed by atoms with van der Waals surface area (Å²) in [6.45, 7) is 4.01. The first-order chi connectivity index (χ1) is 9.99. The molecule has 2 aromatic rings. The molecule has 0 atom stereocenters. The van der Waals surface area contributed by atoms with Crippen molar-refractivity contribution in [2.75, 3.05) is 5.32 Å². The second kappa shape index (κ2) is 7.05. The first kappa shape index (κ1) is 16.0. The van der Waals surface area contributed by atoms with Gasteiger partial charge in [0.2, 0.25) is 0 Å². The Morgan fingerprint density at radius 3 is 2.76 bits per heavy atom. The molecule has 1 aromatic heterocycles. The van der Waals surface area contributed by atoms with Gasteiger partial charge >= 0.3 is 0 Å². The Hall–Kier alpha value is -1.39. The maximum atomic E-state index is 12.4. The second-order valence-electron chi connectivity index (χ2n) is 4.83. The maximum Gasteiger partial charge on any atom is 0.255 e. The summed E-state index contributed by atoms with van der Waals surface area (Å²) in [5, 5.41) is 3.25. The van der Waals surface area contributed by atoms with Crippen molar-refractivity contribution in [1.29, 1.82) is 0 Å². The predicted octanol–water partition coefficient (Wildman–Crippen LogP) is 5.01. The zero-order valence-corrected chi connectivity index (χ0v) is 14.3. The number of nitrogens with zero attached hydrogens (tertiary/aromatic N) is 1. The molecule has 0 spiro atoms. The van der Waals surface area contributed by atoms with Gasteiger partial charge in [-0.1, -0.05) is 40.9 Å². The van der Waals surface area contributed by atoms with Crippen molar-refractivity contribution in [1.82, 2.24) is 4.98 Å². The largest absolute Gasteiger partial charge is 0.322 e. The highest BCUT2D eigenvalue weighted by molar-refractivity contribution is 9.10. The van der Waals surface area contributed by atoms with E-state index in [1.807, 2.05) is 25.1 Å². The van der Waals surface area contributed by atoms with Crippen LogP contribution < -0.4 is 5.32 Å². The lowest BCUT2D eigenvalue weighted by Crippen LogP contribution is -2.13. The van der Waals surface area contributed by atoms with Crippen LogP contribution >= 0.6 is 27.5 Å². The number of amides is 1. The molecule has 5 heteroatoms. The summed E-state index contributed by atoms with van der Waals surface area (Å²) in [4.78, 5) is 16.6. The highest BCUT2D eigenvalue weighted by Crippen LogP contribution is 2.21. The van der Waals surface area contributed by atoms with Gasteiger partial charge < -0.3 is 5.32 Å². The summed E-state index contributed by atoms with van der Waals surface area (Å²) in [5.74, 6) is -0.179.